The Morgan fingerprint density at radius 1 is 1.33 bits per heavy atom. The van der Waals surface area contributed by atoms with E-state index in [0.29, 0.717) is 19.2 Å². The summed E-state index contributed by atoms with van der Waals surface area (Å²) in [4.78, 5) is 0. The van der Waals surface area contributed by atoms with E-state index < -0.39 is 6.10 Å². The molecule has 1 saturated carbocycles. The van der Waals surface area contributed by atoms with Crippen molar-refractivity contribution in [3.05, 3.63) is 24.3 Å². The van der Waals surface area contributed by atoms with E-state index in [1.165, 1.54) is 6.42 Å². The lowest BCUT2D eigenvalue weighted by Crippen LogP contribution is -2.33. The molecular weight excluding hydrogens is 230 g/mol. The number of nitrogens with one attached hydrogen (secondary N) is 1. The van der Waals surface area contributed by atoms with Crippen LogP contribution >= 0.6 is 0 Å². The highest BCUT2D eigenvalue weighted by Crippen LogP contribution is 2.28. The Hall–Kier alpha value is -1.26. The number of ether oxygens (including phenoxy) is 2. The van der Waals surface area contributed by atoms with E-state index in [4.69, 9.17) is 9.47 Å². The predicted molar refractivity (Wildman–Crippen MR) is 70.1 cm³/mol. The second kappa shape index (κ2) is 6.07. The lowest BCUT2D eigenvalue weighted by Gasteiger charge is -2.13. The summed E-state index contributed by atoms with van der Waals surface area (Å²) >= 11 is 0. The van der Waals surface area contributed by atoms with Crippen LogP contribution in [0, 0.1) is 5.92 Å². The lowest BCUT2D eigenvalue weighted by molar-refractivity contribution is 0.106. The maximum atomic E-state index is 9.76. The van der Waals surface area contributed by atoms with Gasteiger partial charge in [-0.25, -0.2) is 0 Å². The summed E-state index contributed by atoms with van der Waals surface area (Å²) in [7, 11) is 1.63. The number of benzene rings is 1. The van der Waals surface area contributed by atoms with Crippen molar-refractivity contribution < 1.29 is 14.6 Å². The van der Waals surface area contributed by atoms with Gasteiger partial charge in [0.05, 0.1) is 7.11 Å². The second-order valence-corrected chi connectivity index (χ2v) is 4.87. The summed E-state index contributed by atoms with van der Waals surface area (Å²) in [5.41, 5.74) is 0. The highest BCUT2D eigenvalue weighted by Gasteiger charge is 2.32. The van der Waals surface area contributed by atoms with Gasteiger partial charge in [0.25, 0.3) is 0 Å². The van der Waals surface area contributed by atoms with E-state index in [1.807, 2.05) is 24.3 Å². The highest BCUT2D eigenvalue weighted by molar-refractivity contribution is 5.31. The molecule has 4 nitrogen and oxygen atoms in total. The van der Waals surface area contributed by atoms with Crippen LogP contribution in [0.4, 0.5) is 0 Å². The molecule has 3 atom stereocenters. The van der Waals surface area contributed by atoms with E-state index in [1.54, 1.807) is 7.11 Å². The number of hydrogen-bond donors (Lipinski definition) is 2. The van der Waals surface area contributed by atoms with Crippen LogP contribution < -0.4 is 14.8 Å². The van der Waals surface area contributed by atoms with Crippen molar-refractivity contribution in [2.75, 3.05) is 20.3 Å². The molecule has 1 aromatic rings. The molecule has 4 heteroatoms. The first-order valence-corrected chi connectivity index (χ1v) is 6.37. The Morgan fingerprint density at radius 2 is 1.94 bits per heavy atom. The average Bonchev–Trinajstić information content (AvgIpc) is 3.10. The third-order valence-electron chi connectivity index (χ3n) is 3.23. The van der Waals surface area contributed by atoms with Gasteiger partial charge in [-0.3, -0.25) is 0 Å². The fraction of sp³-hybridized carbons (Fsp3) is 0.571. The van der Waals surface area contributed by atoms with Crippen molar-refractivity contribution in [3.63, 3.8) is 0 Å². The van der Waals surface area contributed by atoms with Gasteiger partial charge in [-0.2, -0.15) is 0 Å². The number of rotatable bonds is 7. The molecule has 18 heavy (non-hydrogen) atoms. The van der Waals surface area contributed by atoms with Crippen LogP contribution in [0.5, 0.6) is 11.5 Å². The first kappa shape index (κ1) is 13.2. The fourth-order valence-corrected chi connectivity index (χ4v) is 1.82. The first-order chi connectivity index (χ1) is 8.69. The lowest BCUT2D eigenvalue weighted by atomic mass is 10.3. The minimum atomic E-state index is -0.472. The molecule has 1 aliphatic rings. The Balaban J connectivity index is 1.66. The van der Waals surface area contributed by atoms with E-state index in [-0.39, 0.29) is 0 Å². The van der Waals surface area contributed by atoms with Gasteiger partial charge in [0, 0.05) is 12.6 Å². The highest BCUT2D eigenvalue weighted by atomic mass is 16.5. The van der Waals surface area contributed by atoms with Crippen LogP contribution in [0.15, 0.2) is 24.3 Å². The molecule has 3 unspecified atom stereocenters. The van der Waals surface area contributed by atoms with Crippen molar-refractivity contribution in [2.45, 2.75) is 25.5 Å². The van der Waals surface area contributed by atoms with Crippen molar-refractivity contribution >= 4 is 0 Å². The topological polar surface area (TPSA) is 50.7 Å². The first-order valence-electron chi connectivity index (χ1n) is 6.37. The Kier molecular flexibility index (Phi) is 4.44. The Bertz CT molecular complexity index is 366. The fourth-order valence-electron chi connectivity index (χ4n) is 1.82. The van der Waals surface area contributed by atoms with Crippen LogP contribution in [0.1, 0.15) is 13.3 Å². The molecule has 0 spiro atoms. The molecule has 0 aromatic heterocycles. The maximum absolute atomic E-state index is 9.76. The van der Waals surface area contributed by atoms with Gasteiger partial charge >= 0.3 is 0 Å². The number of aliphatic hydroxyl groups excluding tert-OH is 1. The van der Waals surface area contributed by atoms with Crippen LogP contribution in [-0.2, 0) is 0 Å². The summed E-state index contributed by atoms with van der Waals surface area (Å²) < 4.78 is 10.6. The van der Waals surface area contributed by atoms with Gasteiger partial charge in [-0.05, 0) is 36.6 Å². The third-order valence-corrected chi connectivity index (χ3v) is 3.23. The summed E-state index contributed by atoms with van der Waals surface area (Å²) in [5, 5.41) is 13.1. The van der Waals surface area contributed by atoms with Crippen LogP contribution in [0.3, 0.4) is 0 Å². The smallest absolute Gasteiger partial charge is 0.119 e. The number of aliphatic hydroxyl groups is 1. The van der Waals surface area contributed by atoms with Gasteiger partial charge < -0.3 is 19.9 Å². The van der Waals surface area contributed by atoms with Gasteiger partial charge in [0.2, 0.25) is 0 Å². The molecule has 0 radical (unpaired) electrons. The number of methoxy groups -OCH3 is 1. The van der Waals surface area contributed by atoms with Gasteiger partial charge in [-0.15, -0.1) is 0 Å². The van der Waals surface area contributed by atoms with Crippen molar-refractivity contribution in [2.24, 2.45) is 5.92 Å². The molecule has 1 aliphatic carbocycles. The molecular formula is C14H21NO3. The van der Waals surface area contributed by atoms with Crippen molar-refractivity contribution in [3.8, 4) is 11.5 Å². The number of hydrogen-bond acceptors (Lipinski definition) is 4. The molecule has 1 aromatic carbocycles. The van der Waals surface area contributed by atoms with E-state index in [0.717, 1.165) is 17.4 Å². The van der Waals surface area contributed by atoms with Crippen molar-refractivity contribution in [1.82, 2.24) is 5.32 Å². The Morgan fingerprint density at radius 3 is 2.50 bits per heavy atom. The monoisotopic (exact) mass is 251 g/mol. The van der Waals surface area contributed by atoms with Crippen LogP contribution in [0.25, 0.3) is 0 Å². The predicted octanol–water partition coefficient (Wildman–Crippen LogP) is 1.43. The normalized spacial score (nSPS) is 23.5. The van der Waals surface area contributed by atoms with E-state index in [9.17, 15) is 5.11 Å². The summed E-state index contributed by atoms with van der Waals surface area (Å²) in [6, 6.07) is 7.93. The molecule has 0 bridgehead atoms. The molecule has 100 valence electrons. The Labute approximate surface area is 108 Å². The summed E-state index contributed by atoms with van der Waals surface area (Å²) in [5.74, 6) is 2.29. The average molecular weight is 251 g/mol. The molecule has 2 N–H and O–H groups in total. The van der Waals surface area contributed by atoms with E-state index >= 15 is 0 Å². The molecule has 0 saturated heterocycles. The maximum Gasteiger partial charge on any atom is 0.119 e. The molecule has 2 rings (SSSR count). The van der Waals surface area contributed by atoms with Gasteiger partial charge in [0.1, 0.15) is 24.2 Å². The standard InChI is InChI=1S/C14H21NO3/c1-10-7-14(10)15-8-11(16)9-18-13-5-3-12(17-2)4-6-13/h3-6,10-11,14-16H,7-9H2,1-2H3. The second-order valence-electron chi connectivity index (χ2n) is 4.87. The largest absolute Gasteiger partial charge is 0.497 e. The zero-order valence-electron chi connectivity index (χ0n) is 10.9. The minimum absolute atomic E-state index is 0.306. The van der Waals surface area contributed by atoms with Crippen molar-refractivity contribution in [1.29, 1.82) is 0 Å². The van der Waals surface area contributed by atoms with E-state index in [2.05, 4.69) is 12.2 Å². The minimum Gasteiger partial charge on any atom is -0.497 e. The molecule has 0 aliphatic heterocycles. The molecule has 0 heterocycles. The zero-order valence-corrected chi connectivity index (χ0v) is 10.9. The van der Waals surface area contributed by atoms with Crippen LogP contribution in [-0.4, -0.2) is 37.5 Å². The van der Waals surface area contributed by atoms with Gasteiger partial charge in [0.15, 0.2) is 0 Å². The third kappa shape index (κ3) is 3.89. The molecule has 1 fully saturated rings. The van der Waals surface area contributed by atoms with Crippen LogP contribution in [0.2, 0.25) is 0 Å². The summed E-state index contributed by atoms with van der Waals surface area (Å²) in [6.45, 7) is 3.10. The van der Waals surface area contributed by atoms with Gasteiger partial charge in [-0.1, -0.05) is 6.92 Å². The SMILES string of the molecule is COc1ccc(OCC(O)CNC2CC2C)cc1. The quantitative estimate of drug-likeness (QED) is 0.770. The summed E-state index contributed by atoms with van der Waals surface area (Å²) in [6.07, 6.45) is 0.742. The molecule has 0 amide bonds. The zero-order chi connectivity index (χ0) is 13.0.